The van der Waals surface area contributed by atoms with Gasteiger partial charge in [0.25, 0.3) is 0 Å². The molecule has 1 aliphatic carbocycles. The molecule has 21 heavy (non-hydrogen) atoms. The molecule has 0 aromatic carbocycles. The van der Waals surface area contributed by atoms with Crippen molar-refractivity contribution >= 4 is 21.4 Å². The quantitative estimate of drug-likeness (QED) is 0.770. The molecular formula is C15H26N2O2S2. The van der Waals surface area contributed by atoms with Crippen LogP contribution in [0.4, 0.5) is 0 Å². The van der Waals surface area contributed by atoms with Crippen molar-refractivity contribution in [3.63, 3.8) is 0 Å². The van der Waals surface area contributed by atoms with Crippen LogP contribution in [0, 0.1) is 11.3 Å². The van der Waals surface area contributed by atoms with Gasteiger partial charge in [0.1, 0.15) is 0 Å². The Balaban J connectivity index is 2.04. The predicted molar refractivity (Wildman–Crippen MR) is 88.0 cm³/mol. The molecule has 0 radical (unpaired) electrons. The predicted octanol–water partition coefficient (Wildman–Crippen LogP) is 2.96. The number of hydrogen-bond acceptors (Lipinski definition) is 4. The first kappa shape index (κ1) is 16.9. The fourth-order valence-electron chi connectivity index (χ4n) is 2.43. The Hall–Kier alpha value is -0.430. The fraction of sp³-hybridized carbons (Fsp3) is 0.733. The second-order valence-corrected chi connectivity index (χ2v) is 9.32. The standard InChI is InChI=1S/C15H26N2O2S2/c1-11(2)15(6-7-15)10-17-21(18,19)14-5-8-20-13(14)9-16-12(3)4/h5,8,11-12,16-17H,6-7,9-10H2,1-4H3. The number of nitrogens with one attached hydrogen (secondary N) is 2. The summed E-state index contributed by atoms with van der Waals surface area (Å²) in [4.78, 5) is 1.31. The molecule has 1 fully saturated rings. The van der Waals surface area contributed by atoms with Crippen molar-refractivity contribution in [3.8, 4) is 0 Å². The first-order valence-electron chi connectivity index (χ1n) is 7.56. The third-order valence-electron chi connectivity index (χ3n) is 4.40. The van der Waals surface area contributed by atoms with Crippen molar-refractivity contribution in [1.82, 2.24) is 10.0 Å². The third-order valence-corrected chi connectivity index (χ3v) is 6.93. The molecule has 2 N–H and O–H groups in total. The van der Waals surface area contributed by atoms with Crippen molar-refractivity contribution in [1.29, 1.82) is 0 Å². The molecule has 2 rings (SSSR count). The summed E-state index contributed by atoms with van der Waals surface area (Å²) in [5, 5.41) is 5.13. The van der Waals surface area contributed by atoms with Gasteiger partial charge in [-0.2, -0.15) is 0 Å². The molecule has 6 heteroatoms. The maximum atomic E-state index is 12.5. The first-order valence-corrected chi connectivity index (χ1v) is 9.92. The Labute approximate surface area is 132 Å². The number of thiophene rings is 1. The average molecular weight is 331 g/mol. The van der Waals surface area contributed by atoms with Gasteiger partial charge in [0.05, 0.1) is 4.90 Å². The van der Waals surface area contributed by atoms with E-state index in [0.29, 0.717) is 29.9 Å². The maximum absolute atomic E-state index is 12.5. The van der Waals surface area contributed by atoms with Crippen LogP contribution < -0.4 is 10.0 Å². The van der Waals surface area contributed by atoms with E-state index in [-0.39, 0.29) is 5.41 Å². The average Bonchev–Trinajstić information content (AvgIpc) is 3.04. The van der Waals surface area contributed by atoms with Crippen LogP contribution in [0.3, 0.4) is 0 Å². The highest BCUT2D eigenvalue weighted by Crippen LogP contribution is 2.51. The normalized spacial score (nSPS) is 17.6. The summed E-state index contributed by atoms with van der Waals surface area (Å²) in [7, 11) is -3.40. The lowest BCUT2D eigenvalue weighted by Gasteiger charge is -2.20. The van der Waals surface area contributed by atoms with Crippen LogP contribution in [0.5, 0.6) is 0 Å². The Morgan fingerprint density at radius 1 is 1.29 bits per heavy atom. The van der Waals surface area contributed by atoms with E-state index in [4.69, 9.17) is 0 Å². The largest absolute Gasteiger partial charge is 0.310 e. The first-order chi connectivity index (χ1) is 9.77. The van der Waals surface area contributed by atoms with E-state index in [1.54, 1.807) is 6.07 Å². The van der Waals surface area contributed by atoms with Crippen LogP contribution in [0.15, 0.2) is 16.3 Å². The molecule has 0 atom stereocenters. The molecular weight excluding hydrogens is 304 g/mol. The molecule has 4 nitrogen and oxygen atoms in total. The lowest BCUT2D eigenvalue weighted by Crippen LogP contribution is -2.33. The van der Waals surface area contributed by atoms with E-state index in [9.17, 15) is 8.42 Å². The number of rotatable bonds is 8. The minimum atomic E-state index is -3.40. The lowest BCUT2D eigenvalue weighted by atomic mass is 9.93. The van der Waals surface area contributed by atoms with Gasteiger partial charge in [0.15, 0.2) is 0 Å². The molecule has 0 aliphatic heterocycles. The van der Waals surface area contributed by atoms with Crippen LogP contribution >= 0.6 is 11.3 Å². The van der Waals surface area contributed by atoms with E-state index in [0.717, 1.165) is 17.7 Å². The summed E-state index contributed by atoms with van der Waals surface area (Å²) in [5.74, 6) is 0.518. The zero-order chi connectivity index (χ0) is 15.7. The topological polar surface area (TPSA) is 58.2 Å². The van der Waals surface area contributed by atoms with Crippen LogP contribution in [0.2, 0.25) is 0 Å². The van der Waals surface area contributed by atoms with Crippen molar-refractivity contribution in [2.24, 2.45) is 11.3 Å². The molecule has 120 valence electrons. The second-order valence-electron chi connectivity index (χ2n) is 6.59. The molecule has 1 saturated carbocycles. The molecule has 0 spiro atoms. The van der Waals surface area contributed by atoms with Gasteiger partial charge < -0.3 is 5.32 Å². The molecule has 0 saturated heterocycles. The Morgan fingerprint density at radius 2 is 1.95 bits per heavy atom. The monoisotopic (exact) mass is 330 g/mol. The van der Waals surface area contributed by atoms with E-state index >= 15 is 0 Å². The highest BCUT2D eigenvalue weighted by atomic mass is 32.2. The number of hydrogen-bond donors (Lipinski definition) is 2. The Bertz CT molecular complexity index is 572. The number of sulfonamides is 1. The van der Waals surface area contributed by atoms with Crippen LogP contribution in [-0.2, 0) is 16.6 Å². The van der Waals surface area contributed by atoms with E-state index in [1.165, 1.54) is 11.3 Å². The molecule has 1 heterocycles. The van der Waals surface area contributed by atoms with Gasteiger partial charge in [-0.3, -0.25) is 0 Å². The van der Waals surface area contributed by atoms with Gasteiger partial charge >= 0.3 is 0 Å². The Morgan fingerprint density at radius 3 is 2.48 bits per heavy atom. The second kappa shape index (κ2) is 6.36. The van der Waals surface area contributed by atoms with Crippen molar-refractivity contribution in [3.05, 3.63) is 16.3 Å². The molecule has 1 aromatic heterocycles. The van der Waals surface area contributed by atoms with Crippen LogP contribution in [0.1, 0.15) is 45.4 Å². The SMILES string of the molecule is CC(C)NCc1sccc1S(=O)(=O)NCC1(C(C)C)CC1. The van der Waals surface area contributed by atoms with Crippen molar-refractivity contribution in [2.75, 3.05) is 6.54 Å². The van der Waals surface area contributed by atoms with Crippen LogP contribution in [0.25, 0.3) is 0 Å². The summed E-state index contributed by atoms with van der Waals surface area (Å²) in [6, 6.07) is 2.05. The summed E-state index contributed by atoms with van der Waals surface area (Å²) < 4.78 is 27.9. The minimum absolute atomic E-state index is 0.180. The molecule has 1 aliphatic rings. The van der Waals surface area contributed by atoms with Gasteiger partial charge in [-0.1, -0.05) is 27.7 Å². The van der Waals surface area contributed by atoms with E-state index in [1.807, 2.05) is 5.38 Å². The van der Waals surface area contributed by atoms with Crippen molar-refractivity contribution in [2.45, 2.75) is 58.0 Å². The fourth-order valence-corrected chi connectivity index (χ4v) is 4.96. The zero-order valence-electron chi connectivity index (χ0n) is 13.3. The molecule has 0 amide bonds. The van der Waals surface area contributed by atoms with Gasteiger partial charge in [0.2, 0.25) is 10.0 Å². The van der Waals surface area contributed by atoms with Crippen molar-refractivity contribution < 1.29 is 8.42 Å². The summed E-state index contributed by atoms with van der Waals surface area (Å²) in [5.41, 5.74) is 0.180. The summed E-state index contributed by atoms with van der Waals surface area (Å²) >= 11 is 1.49. The van der Waals surface area contributed by atoms with Crippen LogP contribution in [-0.4, -0.2) is 21.0 Å². The molecule has 1 aromatic rings. The van der Waals surface area contributed by atoms with E-state index in [2.05, 4.69) is 37.7 Å². The van der Waals surface area contributed by atoms with Gasteiger partial charge in [-0.15, -0.1) is 11.3 Å². The van der Waals surface area contributed by atoms with Gasteiger partial charge in [-0.25, -0.2) is 13.1 Å². The summed E-state index contributed by atoms with van der Waals surface area (Å²) in [6.07, 6.45) is 2.25. The van der Waals surface area contributed by atoms with E-state index < -0.39 is 10.0 Å². The minimum Gasteiger partial charge on any atom is -0.310 e. The molecule has 0 bridgehead atoms. The smallest absolute Gasteiger partial charge is 0.241 e. The summed E-state index contributed by atoms with van der Waals surface area (Å²) in [6.45, 7) is 9.60. The zero-order valence-corrected chi connectivity index (χ0v) is 14.9. The third kappa shape index (κ3) is 4.06. The maximum Gasteiger partial charge on any atom is 0.241 e. The van der Waals surface area contributed by atoms with Gasteiger partial charge in [0, 0.05) is 24.0 Å². The van der Waals surface area contributed by atoms with Gasteiger partial charge in [-0.05, 0) is 35.6 Å². The highest BCUT2D eigenvalue weighted by Gasteiger charge is 2.45. The molecule has 0 unspecified atom stereocenters. The Kier molecular flexibility index (Phi) is 5.13. The lowest BCUT2D eigenvalue weighted by molar-refractivity contribution is 0.357. The highest BCUT2D eigenvalue weighted by molar-refractivity contribution is 7.89.